The number of pyridine rings is 1. The molecule has 0 bridgehead atoms. The van der Waals surface area contributed by atoms with Gasteiger partial charge in [-0.25, -0.2) is 0 Å². The first kappa shape index (κ1) is 18.1. The van der Waals surface area contributed by atoms with E-state index in [0.29, 0.717) is 37.0 Å². The molecule has 1 aliphatic heterocycles. The Morgan fingerprint density at radius 2 is 2.24 bits per heavy atom. The smallest absolute Gasteiger partial charge is 0.244 e. The van der Waals surface area contributed by atoms with Crippen LogP contribution in [-0.2, 0) is 16.1 Å². The molecule has 0 saturated carbocycles. The number of aromatic nitrogens is 4. The molecular formula is C20H19ClN6O2. The van der Waals surface area contributed by atoms with Crippen LogP contribution in [0.1, 0.15) is 5.69 Å². The molecule has 5 rings (SSSR count). The van der Waals surface area contributed by atoms with Crippen molar-refractivity contribution in [1.29, 1.82) is 0 Å². The molecule has 9 heteroatoms. The Labute approximate surface area is 171 Å². The van der Waals surface area contributed by atoms with Gasteiger partial charge in [0.15, 0.2) is 0 Å². The van der Waals surface area contributed by atoms with Crippen LogP contribution < -0.4 is 5.32 Å². The number of nitrogens with zero attached hydrogens (tertiary/aromatic N) is 3. The molecular weight excluding hydrogens is 392 g/mol. The van der Waals surface area contributed by atoms with Crippen LogP contribution in [0.15, 0.2) is 42.9 Å². The fourth-order valence-corrected chi connectivity index (χ4v) is 4.01. The van der Waals surface area contributed by atoms with Gasteiger partial charge in [-0.15, -0.1) is 0 Å². The average Bonchev–Trinajstić information content (AvgIpc) is 3.36. The molecule has 1 aliphatic rings. The number of aromatic amines is 2. The number of hydrogen-bond donors (Lipinski definition) is 3. The minimum Gasteiger partial charge on any atom is -0.378 e. The van der Waals surface area contributed by atoms with Crippen molar-refractivity contribution in [2.45, 2.75) is 12.6 Å². The van der Waals surface area contributed by atoms with Gasteiger partial charge in [-0.3, -0.25) is 19.8 Å². The topological polar surface area (TPSA) is 98.9 Å². The van der Waals surface area contributed by atoms with Crippen LogP contribution in [-0.4, -0.2) is 56.8 Å². The highest BCUT2D eigenvalue weighted by Gasteiger charge is 2.30. The van der Waals surface area contributed by atoms with Gasteiger partial charge in [0, 0.05) is 47.0 Å². The van der Waals surface area contributed by atoms with Crippen molar-refractivity contribution in [3.8, 4) is 0 Å². The van der Waals surface area contributed by atoms with Gasteiger partial charge in [0.2, 0.25) is 5.91 Å². The van der Waals surface area contributed by atoms with E-state index in [9.17, 15) is 4.79 Å². The summed E-state index contributed by atoms with van der Waals surface area (Å²) in [5.41, 5.74) is 3.31. The summed E-state index contributed by atoms with van der Waals surface area (Å²) in [7, 11) is 0. The Kier molecular flexibility index (Phi) is 4.67. The van der Waals surface area contributed by atoms with Gasteiger partial charge in [0.1, 0.15) is 6.04 Å². The van der Waals surface area contributed by atoms with E-state index in [0.717, 1.165) is 27.5 Å². The highest BCUT2D eigenvalue weighted by atomic mass is 35.5. The van der Waals surface area contributed by atoms with Gasteiger partial charge < -0.3 is 15.0 Å². The number of benzene rings is 1. The van der Waals surface area contributed by atoms with E-state index in [2.05, 4.69) is 30.4 Å². The molecule has 29 heavy (non-hydrogen) atoms. The predicted octanol–water partition coefficient (Wildman–Crippen LogP) is 2.93. The summed E-state index contributed by atoms with van der Waals surface area (Å²) >= 11 is 6.35. The van der Waals surface area contributed by atoms with Crippen LogP contribution in [0.4, 0.5) is 5.69 Å². The zero-order chi connectivity index (χ0) is 19.8. The van der Waals surface area contributed by atoms with Gasteiger partial charge in [-0.05, 0) is 24.3 Å². The number of morpholine rings is 1. The van der Waals surface area contributed by atoms with Gasteiger partial charge in [0.25, 0.3) is 0 Å². The standard InChI is InChI=1S/C20H19ClN6O2/c21-12-7-15-14-2-3-22-9-17(14)24-19(15)16(8-12)25-20(28)18-11-29-6-5-27(18)10-13-1-4-23-26-13/h1-4,7-9,18,24H,5-6,10-11H2,(H,23,26)(H,25,28)/t18-/m0/s1. The maximum Gasteiger partial charge on any atom is 0.244 e. The lowest BCUT2D eigenvalue weighted by Crippen LogP contribution is -2.51. The number of fused-ring (bicyclic) bond motifs is 3. The van der Waals surface area contributed by atoms with Crippen molar-refractivity contribution >= 4 is 45.0 Å². The maximum absolute atomic E-state index is 13.1. The third-order valence-electron chi connectivity index (χ3n) is 5.21. The van der Waals surface area contributed by atoms with Crippen molar-refractivity contribution in [2.75, 3.05) is 25.1 Å². The second kappa shape index (κ2) is 7.47. The highest BCUT2D eigenvalue weighted by Crippen LogP contribution is 2.33. The predicted molar refractivity (Wildman–Crippen MR) is 111 cm³/mol. The Hall–Kier alpha value is -2.94. The number of amides is 1. The lowest BCUT2D eigenvalue weighted by molar-refractivity contribution is -0.127. The number of nitrogens with one attached hydrogen (secondary N) is 3. The molecule has 1 saturated heterocycles. The Balaban J connectivity index is 1.45. The molecule has 4 heterocycles. The highest BCUT2D eigenvalue weighted by molar-refractivity contribution is 6.32. The molecule has 0 aliphatic carbocycles. The number of anilines is 1. The fourth-order valence-electron chi connectivity index (χ4n) is 3.79. The van der Waals surface area contributed by atoms with Crippen molar-refractivity contribution in [3.05, 3.63) is 53.6 Å². The maximum atomic E-state index is 13.1. The van der Waals surface area contributed by atoms with Crippen molar-refractivity contribution in [3.63, 3.8) is 0 Å². The third-order valence-corrected chi connectivity index (χ3v) is 5.42. The molecule has 0 spiro atoms. The minimum absolute atomic E-state index is 0.135. The fraction of sp³-hybridized carbons (Fsp3) is 0.250. The van der Waals surface area contributed by atoms with E-state index < -0.39 is 6.04 Å². The number of carbonyl (C=O) groups excluding carboxylic acids is 1. The second-order valence-electron chi connectivity index (χ2n) is 7.05. The molecule has 8 nitrogen and oxygen atoms in total. The number of rotatable bonds is 4. The number of ether oxygens (including phenoxy) is 1. The summed E-state index contributed by atoms with van der Waals surface area (Å²) in [5, 5.41) is 12.5. The number of halogens is 1. The van der Waals surface area contributed by atoms with Crippen LogP contribution in [0.5, 0.6) is 0 Å². The Morgan fingerprint density at radius 1 is 1.31 bits per heavy atom. The zero-order valence-corrected chi connectivity index (χ0v) is 16.2. The summed E-state index contributed by atoms with van der Waals surface area (Å²) in [6.07, 6.45) is 5.20. The lowest BCUT2D eigenvalue weighted by Gasteiger charge is -2.34. The van der Waals surface area contributed by atoms with Gasteiger partial charge >= 0.3 is 0 Å². The molecule has 3 aromatic heterocycles. The van der Waals surface area contributed by atoms with Crippen LogP contribution in [0.2, 0.25) is 5.02 Å². The number of hydrogen-bond acceptors (Lipinski definition) is 5. The molecule has 1 atom stereocenters. The van der Waals surface area contributed by atoms with E-state index in [-0.39, 0.29) is 5.91 Å². The van der Waals surface area contributed by atoms with Crippen LogP contribution in [0.3, 0.4) is 0 Å². The summed E-state index contributed by atoms with van der Waals surface area (Å²) in [6, 6.07) is 7.07. The first-order chi connectivity index (χ1) is 14.2. The van der Waals surface area contributed by atoms with Crippen LogP contribution in [0, 0.1) is 0 Å². The molecule has 1 aromatic carbocycles. The number of H-pyrrole nitrogens is 2. The summed E-state index contributed by atoms with van der Waals surface area (Å²) in [4.78, 5) is 22.7. The first-order valence-corrected chi connectivity index (χ1v) is 9.73. The Morgan fingerprint density at radius 3 is 3.10 bits per heavy atom. The van der Waals surface area contributed by atoms with Crippen molar-refractivity contribution in [1.82, 2.24) is 25.1 Å². The molecule has 0 unspecified atom stereocenters. The second-order valence-corrected chi connectivity index (χ2v) is 7.49. The minimum atomic E-state index is -0.410. The lowest BCUT2D eigenvalue weighted by atomic mass is 10.1. The molecule has 3 N–H and O–H groups in total. The van der Waals surface area contributed by atoms with E-state index in [1.165, 1.54) is 0 Å². The average molecular weight is 411 g/mol. The van der Waals surface area contributed by atoms with Gasteiger partial charge in [-0.2, -0.15) is 5.10 Å². The molecule has 0 radical (unpaired) electrons. The van der Waals surface area contributed by atoms with Crippen molar-refractivity contribution < 1.29 is 9.53 Å². The monoisotopic (exact) mass is 410 g/mol. The molecule has 4 aromatic rings. The third kappa shape index (κ3) is 3.46. The summed E-state index contributed by atoms with van der Waals surface area (Å²) < 4.78 is 5.58. The Bertz CT molecular complexity index is 1170. The van der Waals surface area contributed by atoms with E-state index in [1.54, 1.807) is 24.7 Å². The van der Waals surface area contributed by atoms with Gasteiger partial charge in [-0.1, -0.05) is 11.6 Å². The van der Waals surface area contributed by atoms with E-state index >= 15 is 0 Å². The summed E-state index contributed by atoms with van der Waals surface area (Å²) in [6.45, 7) is 2.19. The van der Waals surface area contributed by atoms with E-state index in [1.807, 2.05) is 18.2 Å². The largest absolute Gasteiger partial charge is 0.378 e. The van der Waals surface area contributed by atoms with E-state index in [4.69, 9.17) is 16.3 Å². The van der Waals surface area contributed by atoms with Crippen molar-refractivity contribution in [2.24, 2.45) is 0 Å². The SMILES string of the molecule is O=C(Nc1cc(Cl)cc2c1[nH]c1cnccc12)[C@@H]1COCCN1Cc1ccn[nH]1. The summed E-state index contributed by atoms with van der Waals surface area (Å²) in [5.74, 6) is -0.135. The quantitative estimate of drug-likeness (QED) is 0.480. The first-order valence-electron chi connectivity index (χ1n) is 9.35. The normalized spacial score (nSPS) is 17.8. The molecule has 1 fully saturated rings. The molecule has 1 amide bonds. The van der Waals surface area contributed by atoms with Crippen LogP contribution in [0.25, 0.3) is 21.8 Å². The molecule has 148 valence electrons. The number of carbonyl (C=O) groups is 1. The zero-order valence-electron chi connectivity index (χ0n) is 15.5. The van der Waals surface area contributed by atoms with Gasteiger partial charge in [0.05, 0.1) is 36.1 Å². The van der Waals surface area contributed by atoms with Crippen LogP contribution >= 0.6 is 11.6 Å².